The number of para-hydroxylation sites is 1. The quantitative estimate of drug-likeness (QED) is 0.742. The Morgan fingerprint density at radius 1 is 1.17 bits per heavy atom. The highest BCUT2D eigenvalue weighted by molar-refractivity contribution is 6.24. The van der Waals surface area contributed by atoms with Gasteiger partial charge in [-0.1, -0.05) is 12.1 Å². The Morgan fingerprint density at radius 3 is 2.42 bits per heavy atom. The van der Waals surface area contributed by atoms with Gasteiger partial charge in [0, 0.05) is 18.7 Å². The van der Waals surface area contributed by atoms with Crippen molar-refractivity contribution in [2.45, 2.75) is 39.2 Å². The molecule has 1 aromatic carbocycles. The lowest BCUT2D eigenvalue weighted by molar-refractivity contribution is -0.125. The van der Waals surface area contributed by atoms with Crippen molar-refractivity contribution >= 4 is 23.5 Å². The van der Waals surface area contributed by atoms with Crippen LogP contribution in [0.5, 0.6) is 0 Å². The molecule has 0 unspecified atom stereocenters. The average Bonchev–Trinajstić information content (AvgIpc) is 2.52. The molecule has 2 aliphatic heterocycles. The second kappa shape index (κ2) is 5.61. The molecule has 0 atom stereocenters. The number of ether oxygens (including phenoxy) is 1. The molecular weight excluding hydrogens is 308 g/mol. The lowest BCUT2D eigenvalue weighted by Crippen LogP contribution is -2.54. The summed E-state index contributed by atoms with van der Waals surface area (Å²) in [5.74, 6) is -0.416. The Bertz CT molecular complexity index is 697. The highest BCUT2D eigenvalue weighted by Gasteiger charge is 2.51. The molecule has 1 fully saturated rings. The summed E-state index contributed by atoms with van der Waals surface area (Å²) in [4.78, 5) is 39.2. The van der Waals surface area contributed by atoms with E-state index >= 15 is 0 Å². The summed E-state index contributed by atoms with van der Waals surface area (Å²) in [6.07, 6.45) is 0.220. The van der Waals surface area contributed by atoms with E-state index in [1.165, 1.54) is 0 Å². The molecule has 24 heavy (non-hydrogen) atoms. The van der Waals surface area contributed by atoms with Crippen molar-refractivity contribution in [1.82, 2.24) is 4.90 Å². The van der Waals surface area contributed by atoms with Gasteiger partial charge in [0.25, 0.3) is 0 Å². The lowest BCUT2D eigenvalue weighted by Gasteiger charge is -2.42. The average molecular weight is 330 g/mol. The molecular formula is C18H22N2O4. The molecule has 1 saturated heterocycles. The lowest BCUT2D eigenvalue weighted by atomic mass is 9.70. The van der Waals surface area contributed by atoms with Gasteiger partial charge in [-0.15, -0.1) is 0 Å². The van der Waals surface area contributed by atoms with Crippen LogP contribution in [0.2, 0.25) is 0 Å². The van der Waals surface area contributed by atoms with E-state index in [9.17, 15) is 14.4 Å². The summed E-state index contributed by atoms with van der Waals surface area (Å²) >= 11 is 0. The number of piperidine rings is 1. The number of hydrogen-bond donors (Lipinski definition) is 1. The van der Waals surface area contributed by atoms with Crippen LogP contribution in [0.25, 0.3) is 0 Å². The second-order valence-corrected chi connectivity index (χ2v) is 7.38. The summed E-state index contributed by atoms with van der Waals surface area (Å²) < 4.78 is 5.36. The van der Waals surface area contributed by atoms with Crippen molar-refractivity contribution in [3.05, 3.63) is 29.8 Å². The third-order valence-electron chi connectivity index (χ3n) is 4.56. The molecule has 0 aliphatic carbocycles. The molecule has 0 saturated carbocycles. The highest BCUT2D eigenvalue weighted by Crippen LogP contribution is 2.41. The number of rotatable bonds is 0. The first-order valence-corrected chi connectivity index (χ1v) is 8.16. The number of nitrogens with zero attached hydrogens (tertiary/aromatic N) is 1. The van der Waals surface area contributed by atoms with E-state index in [-0.39, 0.29) is 11.7 Å². The van der Waals surface area contributed by atoms with Crippen LogP contribution in [-0.2, 0) is 9.53 Å². The normalized spacial score (nSPS) is 19.7. The highest BCUT2D eigenvalue weighted by atomic mass is 16.6. The SMILES string of the molecule is CC(C)(C)OC(=O)N1CCC2(CC1)C(=O)Nc1ccccc1C2=O. The molecule has 2 heterocycles. The maximum absolute atomic E-state index is 12.9. The Hall–Kier alpha value is -2.37. The first-order valence-electron chi connectivity index (χ1n) is 8.16. The van der Waals surface area contributed by atoms with E-state index < -0.39 is 17.1 Å². The van der Waals surface area contributed by atoms with Gasteiger partial charge >= 0.3 is 6.09 Å². The Morgan fingerprint density at radius 2 is 1.79 bits per heavy atom. The van der Waals surface area contributed by atoms with Crippen LogP contribution in [-0.4, -0.2) is 41.4 Å². The standard InChI is InChI=1S/C18H22N2O4/c1-17(2,3)24-16(23)20-10-8-18(9-11-20)14(21)12-6-4-5-7-13(12)19-15(18)22/h4-7H,8-11H2,1-3H3,(H,19,22). The van der Waals surface area contributed by atoms with Crippen LogP contribution in [0.1, 0.15) is 44.0 Å². The molecule has 2 aliphatic rings. The number of Topliss-reactive ketones (excluding diaryl/α,β-unsaturated/α-hetero) is 1. The smallest absolute Gasteiger partial charge is 0.410 e. The summed E-state index contributed by atoms with van der Waals surface area (Å²) in [7, 11) is 0. The fourth-order valence-corrected chi connectivity index (χ4v) is 3.24. The van der Waals surface area contributed by atoms with Gasteiger partial charge in [0.2, 0.25) is 5.91 Å². The van der Waals surface area contributed by atoms with Crippen LogP contribution in [0.15, 0.2) is 24.3 Å². The minimum absolute atomic E-state index is 0.148. The van der Waals surface area contributed by atoms with E-state index in [1.54, 1.807) is 29.2 Å². The van der Waals surface area contributed by atoms with E-state index in [1.807, 2.05) is 20.8 Å². The zero-order valence-electron chi connectivity index (χ0n) is 14.2. The monoisotopic (exact) mass is 330 g/mol. The topological polar surface area (TPSA) is 75.7 Å². The Labute approximate surface area is 141 Å². The van der Waals surface area contributed by atoms with Crippen molar-refractivity contribution in [3.63, 3.8) is 0 Å². The molecule has 6 heteroatoms. The van der Waals surface area contributed by atoms with Gasteiger partial charge in [-0.25, -0.2) is 4.79 Å². The first-order chi connectivity index (χ1) is 11.2. The predicted octanol–water partition coefficient (Wildman–Crippen LogP) is 2.84. The van der Waals surface area contributed by atoms with E-state index in [4.69, 9.17) is 4.74 Å². The number of amides is 2. The number of carbonyl (C=O) groups is 3. The number of anilines is 1. The maximum atomic E-state index is 12.9. The number of nitrogens with one attached hydrogen (secondary N) is 1. The fraction of sp³-hybridized carbons (Fsp3) is 0.500. The van der Waals surface area contributed by atoms with Gasteiger partial charge in [0.05, 0.1) is 5.69 Å². The molecule has 1 aromatic rings. The first kappa shape index (κ1) is 16.5. The number of carbonyl (C=O) groups excluding carboxylic acids is 3. The number of likely N-dealkylation sites (tertiary alicyclic amines) is 1. The maximum Gasteiger partial charge on any atom is 0.410 e. The van der Waals surface area contributed by atoms with Gasteiger partial charge in [0.15, 0.2) is 5.78 Å². The third kappa shape index (κ3) is 2.77. The zero-order chi connectivity index (χ0) is 17.5. The van der Waals surface area contributed by atoms with Crippen LogP contribution in [0.4, 0.5) is 10.5 Å². The van der Waals surface area contributed by atoms with E-state index in [0.29, 0.717) is 37.2 Å². The Balaban J connectivity index is 1.77. The van der Waals surface area contributed by atoms with Crippen LogP contribution in [0, 0.1) is 5.41 Å². The number of ketones is 1. The molecule has 6 nitrogen and oxygen atoms in total. The van der Waals surface area contributed by atoms with Gasteiger partial charge in [-0.3, -0.25) is 9.59 Å². The van der Waals surface area contributed by atoms with Crippen LogP contribution < -0.4 is 5.32 Å². The van der Waals surface area contributed by atoms with E-state index in [2.05, 4.69) is 5.32 Å². The van der Waals surface area contributed by atoms with Gasteiger partial charge < -0.3 is 15.0 Å². The fourth-order valence-electron chi connectivity index (χ4n) is 3.24. The molecule has 1 N–H and O–H groups in total. The van der Waals surface area contributed by atoms with Crippen molar-refractivity contribution in [1.29, 1.82) is 0 Å². The number of fused-ring (bicyclic) bond motifs is 1. The zero-order valence-corrected chi connectivity index (χ0v) is 14.2. The van der Waals surface area contributed by atoms with Gasteiger partial charge in [-0.2, -0.15) is 0 Å². The molecule has 0 bridgehead atoms. The van der Waals surface area contributed by atoms with Crippen LogP contribution in [0.3, 0.4) is 0 Å². The van der Waals surface area contributed by atoms with Crippen molar-refractivity contribution in [2.24, 2.45) is 5.41 Å². The largest absolute Gasteiger partial charge is 0.444 e. The van der Waals surface area contributed by atoms with Gasteiger partial charge in [0.1, 0.15) is 11.0 Å². The molecule has 1 spiro atoms. The van der Waals surface area contributed by atoms with Crippen molar-refractivity contribution in [2.75, 3.05) is 18.4 Å². The molecule has 128 valence electrons. The molecule has 0 radical (unpaired) electrons. The molecule has 2 amide bonds. The number of benzene rings is 1. The summed E-state index contributed by atoms with van der Waals surface area (Å²) in [6.45, 7) is 6.09. The van der Waals surface area contributed by atoms with Crippen molar-refractivity contribution < 1.29 is 19.1 Å². The minimum atomic E-state index is -1.08. The summed E-state index contributed by atoms with van der Waals surface area (Å²) in [5, 5.41) is 2.84. The third-order valence-corrected chi connectivity index (χ3v) is 4.56. The number of hydrogen-bond acceptors (Lipinski definition) is 4. The van der Waals surface area contributed by atoms with Crippen LogP contribution >= 0.6 is 0 Å². The van der Waals surface area contributed by atoms with Crippen molar-refractivity contribution in [3.8, 4) is 0 Å². The minimum Gasteiger partial charge on any atom is -0.444 e. The Kier molecular flexibility index (Phi) is 3.86. The predicted molar refractivity (Wildman–Crippen MR) is 88.9 cm³/mol. The summed E-state index contributed by atoms with van der Waals surface area (Å²) in [5.41, 5.74) is -0.536. The second-order valence-electron chi connectivity index (χ2n) is 7.38. The summed E-state index contributed by atoms with van der Waals surface area (Å²) in [6, 6.07) is 7.04. The van der Waals surface area contributed by atoms with Gasteiger partial charge in [-0.05, 0) is 45.7 Å². The van der Waals surface area contributed by atoms with E-state index in [0.717, 1.165) is 0 Å². The molecule has 0 aromatic heterocycles. The molecule has 3 rings (SSSR count).